The number of carbonyl (C=O) groups excluding carboxylic acids is 3. The third-order valence-corrected chi connectivity index (χ3v) is 2.48. The molecule has 0 saturated carbocycles. The van der Waals surface area contributed by atoms with Gasteiger partial charge in [0, 0.05) is 13.0 Å². The molecule has 0 aromatic heterocycles. The fourth-order valence-electron chi connectivity index (χ4n) is 1.32. The molecule has 6 N–H and O–H groups in total. The molecular weight excluding hydrogens is 281 g/mol. The highest BCUT2D eigenvalue weighted by Gasteiger charge is 2.15. The lowest BCUT2D eigenvalue weighted by Crippen LogP contribution is -2.46. The quantitative estimate of drug-likeness (QED) is 0.244. The first-order chi connectivity index (χ1) is 9.73. The van der Waals surface area contributed by atoms with Crippen LogP contribution in [0.5, 0.6) is 0 Å². The molecule has 0 aliphatic carbocycles. The summed E-state index contributed by atoms with van der Waals surface area (Å²) < 4.78 is 0. The Kier molecular flexibility index (Phi) is 8.70. The molecule has 0 unspecified atom stereocenters. The average Bonchev–Trinajstić information content (AvgIpc) is 2.40. The molecule has 0 fully saturated rings. The van der Waals surface area contributed by atoms with Crippen LogP contribution in [0.15, 0.2) is 0 Å². The maximum absolute atomic E-state index is 11.5. The Hall–Kier alpha value is -2.16. The number of carbonyl (C=O) groups is 4. The van der Waals surface area contributed by atoms with Gasteiger partial charge in [0.15, 0.2) is 0 Å². The van der Waals surface area contributed by atoms with Crippen LogP contribution < -0.4 is 21.7 Å². The summed E-state index contributed by atoms with van der Waals surface area (Å²) >= 11 is 0. The predicted molar refractivity (Wildman–Crippen MR) is 74.1 cm³/mol. The largest absolute Gasteiger partial charge is 0.480 e. The fourth-order valence-corrected chi connectivity index (χ4v) is 1.32. The summed E-state index contributed by atoms with van der Waals surface area (Å²) in [6.07, 6.45) is 0.545. The van der Waals surface area contributed by atoms with E-state index >= 15 is 0 Å². The van der Waals surface area contributed by atoms with Crippen molar-refractivity contribution in [1.82, 2.24) is 16.0 Å². The lowest BCUT2D eigenvalue weighted by molar-refractivity contribution is -0.138. The summed E-state index contributed by atoms with van der Waals surface area (Å²) in [5.74, 6) is -2.39. The van der Waals surface area contributed by atoms with E-state index < -0.39 is 30.5 Å². The van der Waals surface area contributed by atoms with E-state index in [0.717, 1.165) is 0 Å². The molecule has 2 atom stereocenters. The van der Waals surface area contributed by atoms with Gasteiger partial charge in [-0.3, -0.25) is 19.2 Å². The molecule has 0 aromatic rings. The van der Waals surface area contributed by atoms with Crippen LogP contribution in [0.25, 0.3) is 0 Å². The second kappa shape index (κ2) is 9.70. The predicted octanol–water partition coefficient (Wildman–Crippen LogP) is -2.06. The van der Waals surface area contributed by atoms with Gasteiger partial charge < -0.3 is 26.8 Å². The SMILES string of the molecule is C[C@H]([15NH2])C(=O)NCCCC(=O)N[C@@H](C)C(=O)NCC(=O)O. The van der Waals surface area contributed by atoms with E-state index in [-0.39, 0.29) is 18.2 Å². The molecule has 0 aromatic carbocycles. The molecule has 0 rings (SSSR count). The monoisotopic (exact) mass is 303 g/mol. The van der Waals surface area contributed by atoms with Gasteiger partial charge in [-0.05, 0) is 20.3 Å². The summed E-state index contributed by atoms with van der Waals surface area (Å²) in [5, 5.41) is 15.6. The Morgan fingerprint density at radius 1 is 1.10 bits per heavy atom. The molecule has 0 bridgehead atoms. The standard InChI is InChI=1S/C12H22N4O5/c1-7(13)11(20)14-5-3-4-9(17)16-8(2)12(21)15-6-10(18)19/h7-8H,3-6,13H2,1-2H3,(H,14,20)(H,15,21)(H,16,17)(H,18,19)/t7-,8-/m0/s1/i13+1. The van der Waals surface area contributed by atoms with E-state index in [0.29, 0.717) is 13.0 Å². The van der Waals surface area contributed by atoms with Gasteiger partial charge in [0.05, 0.1) is 6.04 Å². The van der Waals surface area contributed by atoms with Gasteiger partial charge in [-0.15, -0.1) is 0 Å². The van der Waals surface area contributed by atoms with Crippen molar-refractivity contribution < 1.29 is 24.3 Å². The lowest BCUT2D eigenvalue weighted by Gasteiger charge is -2.13. The van der Waals surface area contributed by atoms with Crippen LogP contribution >= 0.6 is 0 Å². The van der Waals surface area contributed by atoms with E-state index in [2.05, 4.69) is 16.0 Å². The Morgan fingerprint density at radius 3 is 2.24 bits per heavy atom. The van der Waals surface area contributed by atoms with Crippen molar-refractivity contribution in [1.29, 1.82) is 0 Å². The van der Waals surface area contributed by atoms with Crippen LogP contribution in [0, 0.1) is 0 Å². The fraction of sp³-hybridized carbons (Fsp3) is 0.667. The highest BCUT2D eigenvalue weighted by atomic mass is 16.4. The van der Waals surface area contributed by atoms with Crippen molar-refractivity contribution in [3.8, 4) is 0 Å². The van der Waals surface area contributed by atoms with E-state index in [1.807, 2.05) is 0 Å². The average molecular weight is 303 g/mol. The number of hydrogen-bond donors (Lipinski definition) is 5. The number of carboxylic acid groups (broad SMARTS) is 1. The zero-order valence-electron chi connectivity index (χ0n) is 12.1. The van der Waals surface area contributed by atoms with E-state index in [9.17, 15) is 19.2 Å². The molecule has 21 heavy (non-hydrogen) atoms. The van der Waals surface area contributed by atoms with Crippen molar-refractivity contribution in [2.45, 2.75) is 38.8 Å². The zero-order valence-corrected chi connectivity index (χ0v) is 12.1. The lowest BCUT2D eigenvalue weighted by atomic mass is 10.2. The van der Waals surface area contributed by atoms with E-state index in [1.54, 1.807) is 6.92 Å². The van der Waals surface area contributed by atoms with Crippen LogP contribution in [0.4, 0.5) is 0 Å². The van der Waals surface area contributed by atoms with Gasteiger partial charge in [-0.2, -0.15) is 0 Å². The van der Waals surface area contributed by atoms with Crippen LogP contribution in [-0.4, -0.2) is 54.0 Å². The minimum atomic E-state index is -1.16. The van der Waals surface area contributed by atoms with Crippen LogP contribution in [0.1, 0.15) is 26.7 Å². The summed E-state index contributed by atoms with van der Waals surface area (Å²) in [6.45, 7) is 2.82. The summed E-state index contributed by atoms with van der Waals surface area (Å²) in [6, 6.07) is -1.42. The Morgan fingerprint density at radius 2 is 1.71 bits per heavy atom. The number of hydrogen-bond acceptors (Lipinski definition) is 5. The highest BCUT2D eigenvalue weighted by molar-refractivity contribution is 5.89. The van der Waals surface area contributed by atoms with Crippen LogP contribution in [0.3, 0.4) is 0 Å². The van der Waals surface area contributed by atoms with E-state index in [4.69, 9.17) is 10.8 Å². The van der Waals surface area contributed by atoms with Crippen molar-refractivity contribution in [2.75, 3.05) is 13.1 Å². The molecule has 9 heteroatoms. The molecule has 9 nitrogen and oxygen atoms in total. The minimum absolute atomic E-state index is 0.135. The van der Waals surface area contributed by atoms with Crippen molar-refractivity contribution in [3.63, 3.8) is 0 Å². The zero-order chi connectivity index (χ0) is 16.4. The minimum Gasteiger partial charge on any atom is -0.480 e. The molecule has 0 heterocycles. The molecule has 120 valence electrons. The van der Waals surface area contributed by atoms with Gasteiger partial charge in [-0.25, -0.2) is 0 Å². The van der Waals surface area contributed by atoms with Gasteiger partial charge in [0.1, 0.15) is 12.6 Å². The maximum atomic E-state index is 11.5. The smallest absolute Gasteiger partial charge is 0.322 e. The molecule has 0 spiro atoms. The molecule has 0 aliphatic heterocycles. The van der Waals surface area contributed by atoms with Gasteiger partial charge in [0.25, 0.3) is 0 Å². The maximum Gasteiger partial charge on any atom is 0.322 e. The highest BCUT2D eigenvalue weighted by Crippen LogP contribution is 1.91. The number of rotatable bonds is 9. The summed E-state index contributed by atoms with van der Waals surface area (Å²) in [5.41, 5.74) is 5.35. The molecule has 0 aliphatic rings. The molecular formula is C12H22N4O5. The first kappa shape index (κ1) is 18.8. The van der Waals surface area contributed by atoms with E-state index in [1.165, 1.54) is 6.92 Å². The first-order valence-corrected chi connectivity index (χ1v) is 6.56. The molecule has 3 amide bonds. The number of carboxylic acids is 1. The van der Waals surface area contributed by atoms with Gasteiger partial charge >= 0.3 is 5.97 Å². The number of aliphatic carboxylic acids is 1. The third kappa shape index (κ3) is 9.38. The number of nitrogens with two attached hydrogens (primary N) is 1. The normalized spacial score (nSPS) is 12.9. The van der Waals surface area contributed by atoms with Gasteiger partial charge in [0.2, 0.25) is 17.7 Å². The number of nitrogens with one attached hydrogen (secondary N) is 3. The second-order valence-electron chi connectivity index (χ2n) is 4.58. The Bertz CT molecular complexity index is 397. The van der Waals surface area contributed by atoms with Gasteiger partial charge in [-0.1, -0.05) is 0 Å². The first-order valence-electron chi connectivity index (χ1n) is 6.56. The summed E-state index contributed by atoms with van der Waals surface area (Å²) in [4.78, 5) is 44.4. The second-order valence-corrected chi connectivity index (χ2v) is 4.58. The third-order valence-electron chi connectivity index (χ3n) is 2.48. The molecule has 0 saturated heterocycles. The van der Waals surface area contributed by atoms with Crippen molar-refractivity contribution in [3.05, 3.63) is 0 Å². The van der Waals surface area contributed by atoms with Crippen molar-refractivity contribution >= 4 is 23.7 Å². The number of amides is 3. The Labute approximate surface area is 122 Å². The topological polar surface area (TPSA) is 151 Å². The van der Waals surface area contributed by atoms with Crippen LogP contribution in [0.2, 0.25) is 0 Å². The molecule has 0 radical (unpaired) electrons. The summed E-state index contributed by atoms with van der Waals surface area (Å²) in [7, 11) is 0. The Balaban J connectivity index is 3.85. The van der Waals surface area contributed by atoms with Crippen LogP contribution in [-0.2, 0) is 19.2 Å². The van der Waals surface area contributed by atoms with Crippen molar-refractivity contribution in [2.24, 2.45) is 5.73 Å².